The first-order valence-corrected chi connectivity index (χ1v) is 8.90. The van der Waals surface area contributed by atoms with E-state index >= 15 is 0 Å². The van der Waals surface area contributed by atoms with Crippen molar-refractivity contribution in [1.29, 1.82) is 0 Å². The Labute approximate surface area is 139 Å². The van der Waals surface area contributed by atoms with E-state index in [4.69, 9.17) is 4.74 Å². The first-order chi connectivity index (χ1) is 11.2. The highest BCUT2D eigenvalue weighted by Gasteiger charge is 2.22. The van der Waals surface area contributed by atoms with E-state index in [-0.39, 0.29) is 23.3 Å². The molecule has 0 unspecified atom stereocenters. The summed E-state index contributed by atoms with van der Waals surface area (Å²) in [5.74, 6) is -0.152. The summed E-state index contributed by atoms with van der Waals surface area (Å²) < 4.78 is 6.50. The number of nitrogens with zero attached hydrogens (tertiary/aromatic N) is 2. The topological polar surface area (TPSA) is 61.2 Å². The van der Waals surface area contributed by atoms with Gasteiger partial charge in [0.1, 0.15) is 0 Å². The number of aromatic nitrogens is 2. The summed E-state index contributed by atoms with van der Waals surface area (Å²) in [6.07, 6.45) is 5.46. The van der Waals surface area contributed by atoms with Crippen LogP contribution in [0.25, 0.3) is 10.9 Å². The monoisotopic (exact) mass is 332 g/mol. The predicted molar refractivity (Wildman–Crippen MR) is 90.9 cm³/mol. The first kappa shape index (κ1) is 16.1. The van der Waals surface area contributed by atoms with Crippen molar-refractivity contribution < 1.29 is 9.53 Å². The maximum absolute atomic E-state index is 13.0. The van der Waals surface area contributed by atoms with Gasteiger partial charge in [0.05, 0.1) is 23.8 Å². The van der Waals surface area contributed by atoms with Crippen molar-refractivity contribution in [3.8, 4) is 0 Å². The van der Waals surface area contributed by atoms with E-state index in [2.05, 4.69) is 4.98 Å². The molecule has 2 aromatic rings. The van der Waals surface area contributed by atoms with Gasteiger partial charge in [0.2, 0.25) is 0 Å². The summed E-state index contributed by atoms with van der Waals surface area (Å²) in [5, 5.41) is 1.26. The zero-order chi connectivity index (χ0) is 16.2. The predicted octanol–water partition coefficient (Wildman–Crippen LogP) is 3.17. The number of benzene rings is 1. The van der Waals surface area contributed by atoms with E-state index in [9.17, 15) is 9.59 Å². The highest BCUT2D eigenvalue weighted by molar-refractivity contribution is 7.99. The van der Waals surface area contributed by atoms with Gasteiger partial charge in [-0.25, -0.2) is 4.98 Å². The summed E-state index contributed by atoms with van der Waals surface area (Å²) in [5.41, 5.74) is 0.673. The lowest BCUT2D eigenvalue weighted by molar-refractivity contribution is -0.137. The van der Waals surface area contributed by atoms with Crippen molar-refractivity contribution in [1.82, 2.24) is 9.55 Å². The van der Waals surface area contributed by atoms with Crippen molar-refractivity contribution in [3.05, 3.63) is 34.6 Å². The number of carbonyl (C=O) groups is 1. The molecule has 1 heterocycles. The molecule has 0 radical (unpaired) electrons. The number of esters is 1. The molecule has 6 heteroatoms. The highest BCUT2D eigenvalue weighted by Crippen LogP contribution is 2.31. The largest absolute Gasteiger partial charge is 0.468 e. The fourth-order valence-electron chi connectivity index (χ4n) is 3.07. The minimum Gasteiger partial charge on any atom is -0.468 e. The number of rotatable bonds is 4. The Kier molecular flexibility index (Phi) is 5.00. The molecule has 1 aromatic heterocycles. The lowest BCUT2D eigenvalue weighted by atomic mass is 9.95. The number of hydrogen-bond acceptors (Lipinski definition) is 5. The zero-order valence-corrected chi connectivity index (χ0v) is 14.0. The van der Waals surface area contributed by atoms with Crippen LogP contribution in [0.1, 0.15) is 38.1 Å². The molecule has 0 N–H and O–H groups in total. The average molecular weight is 332 g/mol. The molecule has 0 amide bonds. The van der Waals surface area contributed by atoms with Gasteiger partial charge in [0.25, 0.3) is 5.56 Å². The molecule has 122 valence electrons. The quantitative estimate of drug-likeness (QED) is 0.489. The van der Waals surface area contributed by atoms with Crippen molar-refractivity contribution in [2.24, 2.45) is 0 Å². The summed E-state index contributed by atoms with van der Waals surface area (Å²) in [7, 11) is 1.37. The van der Waals surface area contributed by atoms with Crippen LogP contribution in [0, 0.1) is 0 Å². The minimum absolute atomic E-state index is 0.00475. The zero-order valence-electron chi connectivity index (χ0n) is 13.2. The van der Waals surface area contributed by atoms with Gasteiger partial charge in [0, 0.05) is 6.04 Å². The molecular formula is C17H20N2O3S. The fraction of sp³-hybridized carbons (Fsp3) is 0.471. The third kappa shape index (κ3) is 3.42. The summed E-state index contributed by atoms with van der Waals surface area (Å²) in [4.78, 5) is 29.1. The normalized spacial score (nSPS) is 15.7. The molecular weight excluding hydrogens is 312 g/mol. The van der Waals surface area contributed by atoms with Crippen LogP contribution in [0.3, 0.4) is 0 Å². The van der Waals surface area contributed by atoms with E-state index in [0.717, 1.165) is 25.7 Å². The van der Waals surface area contributed by atoms with E-state index in [0.29, 0.717) is 16.1 Å². The van der Waals surface area contributed by atoms with Crippen molar-refractivity contribution in [2.75, 3.05) is 12.9 Å². The Hall–Kier alpha value is -1.82. The van der Waals surface area contributed by atoms with Gasteiger partial charge in [-0.2, -0.15) is 0 Å². The Balaban J connectivity index is 2.06. The van der Waals surface area contributed by atoms with Crippen LogP contribution in [-0.4, -0.2) is 28.4 Å². The minimum atomic E-state index is -0.312. The van der Waals surface area contributed by atoms with Gasteiger partial charge in [-0.1, -0.05) is 43.2 Å². The highest BCUT2D eigenvalue weighted by atomic mass is 32.2. The van der Waals surface area contributed by atoms with E-state index in [1.54, 1.807) is 4.57 Å². The number of para-hydroxylation sites is 1. The second-order valence-electron chi connectivity index (χ2n) is 5.74. The van der Waals surface area contributed by atoms with Crippen molar-refractivity contribution >= 4 is 28.6 Å². The van der Waals surface area contributed by atoms with E-state index in [1.165, 1.54) is 25.3 Å². The standard InChI is InChI=1S/C17H20N2O3S/c1-22-15(20)11-23-17-18-14-10-6-5-9-13(14)16(21)19(17)12-7-3-2-4-8-12/h5-6,9-10,12H,2-4,7-8,11H2,1H3. The van der Waals surface area contributed by atoms with Crippen molar-refractivity contribution in [2.45, 2.75) is 43.3 Å². The van der Waals surface area contributed by atoms with E-state index in [1.807, 2.05) is 24.3 Å². The molecule has 1 fully saturated rings. The number of methoxy groups -OCH3 is 1. The second-order valence-corrected chi connectivity index (χ2v) is 6.69. The molecule has 1 aliphatic carbocycles. The Morgan fingerprint density at radius 3 is 2.78 bits per heavy atom. The summed E-state index contributed by atoms with van der Waals surface area (Å²) in [6, 6.07) is 7.56. The Morgan fingerprint density at radius 1 is 1.30 bits per heavy atom. The van der Waals surface area contributed by atoms with Gasteiger partial charge in [-0.05, 0) is 25.0 Å². The number of fused-ring (bicyclic) bond motifs is 1. The van der Waals surface area contributed by atoms with Crippen LogP contribution in [0.5, 0.6) is 0 Å². The molecule has 23 heavy (non-hydrogen) atoms. The van der Waals surface area contributed by atoms with Crippen LogP contribution >= 0.6 is 11.8 Å². The molecule has 1 aliphatic rings. The SMILES string of the molecule is COC(=O)CSc1nc2ccccc2c(=O)n1C1CCCCC1. The Morgan fingerprint density at radius 2 is 2.04 bits per heavy atom. The molecule has 3 rings (SSSR count). The van der Waals surface area contributed by atoms with Crippen LogP contribution in [-0.2, 0) is 9.53 Å². The molecule has 1 saturated carbocycles. The number of carbonyl (C=O) groups excluding carboxylic acids is 1. The van der Waals surface area contributed by atoms with Gasteiger partial charge < -0.3 is 4.74 Å². The summed E-state index contributed by atoms with van der Waals surface area (Å²) in [6.45, 7) is 0. The van der Waals surface area contributed by atoms with Crippen LogP contribution in [0.15, 0.2) is 34.2 Å². The molecule has 5 nitrogen and oxygen atoms in total. The number of thioether (sulfide) groups is 1. The van der Waals surface area contributed by atoms with Crippen LogP contribution in [0.4, 0.5) is 0 Å². The van der Waals surface area contributed by atoms with Gasteiger partial charge >= 0.3 is 5.97 Å². The van der Waals surface area contributed by atoms with Gasteiger partial charge in [-0.3, -0.25) is 14.2 Å². The smallest absolute Gasteiger partial charge is 0.316 e. The lowest BCUT2D eigenvalue weighted by Crippen LogP contribution is -2.29. The maximum Gasteiger partial charge on any atom is 0.316 e. The lowest BCUT2D eigenvalue weighted by Gasteiger charge is -2.26. The fourth-order valence-corrected chi connectivity index (χ4v) is 3.97. The molecule has 0 atom stereocenters. The third-order valence-corrected chi connectivity index (χ3v) is 5.19. The molecule has 0 aliphatic heterocycles. The van der Waals surface area contributed by atoms with Crippen LogP contribution in [0.2, 0.25) is 0 Å². The van der Waals surface area contributed by atoms with Crippen LogP contribution < -0.4 is 5.56 Å². The molecule has 0 bridgehead atoms. The number of ether oxygens (including phenoxy) is 1. The van der Waals surface area contributed by atoms with Crippen molar-refractivity contribution in [3.63, 3.8) is 0 Å². The Bertz CT molecular complexity index is 766. The average Bonchev–Trinajstić information content (AvgIpc) is 2.60. The molecule has 0 saturated heterocycles. The van der Waals surface area contributed by atoms with Gasteiger partial charge in [-0.15, -0.1) is 0 Å². The maximum atomic E-state index is 13.0. The van der Waals surface area contributed by atoms with Gasteiger partial charge in [0.15, 0.2) is 5.16 Å². The third-order valence-electron chi connectivity index (χ3n) is 4.26. The molecule has 0 spiro atoms. The molecule has 1 aromatic carbocycles. The first-order valence-electron chi connectivity index (χ1n) is 7.91. The second kappa shape index (κ2) is 7.17. The summed E-state index contributed by atoms with van der Waals surface area (Å²) >= 11 is 1.28. The van der Waals surface area contributed by atoms with E-state index < -0.39 is 0 Å². The number of hydrogen-bond donors (Lipinski definition) is 0.